The van der Waals surface area contributed by atoms with E-state index in [9.17, 15) is 9.59 Å². The van der Waals surface area contributed by atoms with E-state index in [1.165, 1.54) is 0 Å². The normalized spacial score (nSPS) is 9.71. The van der Waals surface area contributed by atoms with Gasteiger partial charge in [-0.25, -0.2) is 0 Å². The van der Waals surface area contributed by atoms with Gasteiger partial charge in [0.15, 0.2) is 12.9 Å². The third kappa shape index (κ3) is 4.14. The van der Waals surface area contributed by atoms with Crippen LogP contribution in [0.5, 0.6) is 11.5 Å². The van der Waals surface area contributed by atoms with Crippen LogP contribution in [0.25, 0.3) is 0 Å². The van der Waals surface area contributed by atoms with E-state index in [4.69, 9.17) is 15.2 Å². The molecule has 0 radical (unpaired) electrons. The Kier molecular flexibility index (Phi) is 5.00. The highest BCUT2D eigenvalue weighted by Gasteiger charge is 2.06. The summed E-state index contributed by atoms with van der Waals surface area (Å²) in [6.45, 7) is 2.30. The molecule has 0 aromatic heterocycles. The number of primary amides is 1. The number of rotatable bonds is 7. The predicted molar refractivity (Wildman–Crippen MR) is 62.3 cm³/mol. The van der Waals surface area contributed by atoms with Crippen molar-refractivity contribution in [3.8, 4) is 11.5 Å². The lowest BCUT2D eigenvalue weighted by atomic mass is 10.2. The van der Waals surface area contributed by atoms with Gasteiger partial charge in [0, 0.05) is 6.07 Å². The van der Waals surface area contributed by atoms with Crippen LogP contribution in [0.4, 0.5) is 0 Å². The fraction of sp³-hybridized carbons (Fsp3) is 0.333. The number of hydrogen-bond acceptors (Lipinski definition) is 4. The van der Waals surface area contributed by atoms with Crippen molar-refractivity contribution in [2.75, 3.05) is 13.2 Å². The molecule has 0 aliphatic heterocycles. The smallest absolute Gasteiger partial charge is 0.255 e. The average Bonchev–Trinajstić information content (AvgIpc) is 2.33. The van der Waals surface area contributed by atoms with Crippen LogP contribution in [0.3, 0.4) is 0 Å². The molecule has 2 N–H and O–H groups in total. The van der Waals surface area contributed by atoms with Crippen molar-refractivity contribution in [3.05, 3.63) is 23.8 Å². The largest absolute Gasteiger partial charge is 0.493 e. The molecule has 0 spiro atoms. The van der Waals surface area contributed by atoms with Crippen LogP contribution in [0.1, 0.15) is 23.7 Å². The van der Waals surface area contributed by atoms with Gasteiger partial charge in [-0.3, -0.25) is 9.59 Å². The molecule has 0 heterocycles. The Labute approximate surface area is 99.5 Å². The molecule has 1 aromatic carbocycles. The van der Waals surface area contributed by atoms with E-state index >= 15 is 0 Å². The summed E-state index contributed by atoms with van der Waals surface area (Å²) >= 11 is 0. The lowest BCUT2D eigenvalue weighted by Gasteiger charge is -2.09. The van der Waals surface area contributed by atoms with Gasteiger partial charge >= 0.3 is 0 Å². The highest BCUT2D eigenvalue weighted by Crippen LogP contribution is 2.23. The molecule has 0 saturated heterocycles. The first-order valence-electron chi connectivity index (χ1n) is 5.30. The van der Waals surface area contributed by atoms with E-state index in [0.29, 0.717) is 30.0 Å². The van der Waals surface area contributed by atoms with Gasteiger partial charge in [0.05, 0.1) is 12.2 Å². The van der Waals surface area contributed by atoms with E-state index in [-0.39, 0.29) is 6.61 Å². The summed E-state index contributed by atoms with van der Waals surface area (Å²) in [6, 6.07) is 4.83. The number of benzene rings is 1. The molecule has 0 aliphatic carbocycles. The Bertz CT molecular complexity index is 403. The van der Waals surface area contributed by atoms with E-state index in [1.54, 1.807) is 18.2 Å². The molecule has 1 rings (SSSR count). The van der Waals surface area contributed by atoms with Gasteiger partial charge in [0.2, 0.25) is 0 Å². The van der Waals surface area contributed by atoms with Crippen molar-refractivity contribution >= 4 is 12.2 Å². The molecule has 92 valence electrons. The van der Waals surface area contributed by atoms with Crippen molar-refractivity contribution in [1.82, 2.24) is 0 Å². The summed E-state index contributed by atoms with van der Waals surface area (Å²) in [7, 11) is 0. The topological polar surface area (TPSA) is 78.6 Å². The van der Waals surface area contributed by atoms with Crippen LogP contribution in [0.2, 0.25) is 0 Å². The van der Waals surface area contributed by atoms with Gasteiger partial charge < -0.3 is 15.2 Å². The fourth-order valence-corrected chi connectivity index (χ4v) is 1.20. The van der Waals surface area contributed by atoms with Gasteiger partial charge in [-0.1, -0.05) is 6.92 Å². The third-order valence-electron chi connectivity index (χ3n) is 1.95. The minimum Gasteiger partial charge on any atom is -0.493 e. The summed E-state index contributed by atoms with van der Waals surface area (Å²) in [6.07, 6.45) is 1.53. The summed E-state index contributed by atoms with van der Waals surface area (Å²) < 4.78 is 10.5. The monoisotopic (exact) mass is 237 g/mol. The molecular formula is C12H15NO4. The van der Waals surface area contributed by atoms with Crippen molar-refractivity contribution in [3.63, 3.8) is 0 Å². The lowest BCUT2D eigenvalue weighted by molar-refractivity contribution is -0.119. The lowest BCUT2D eigenvalue weighted by Crippen LogP contribution is -2.20. The Balaban J connectivity index is 2.81. The SMILES string of the molecule is CCCOc1ccc(C=O)c(OCC(N)=O)c1. The highest BCUT2D eigenvalue weighted by atomic mass is 16.5. The number of amides is 1. The summed E-state index contributed by atoms with van der Waals surface area (Å²) in [5, 5.41) is 0. The summed E-state index contributed by atoms with van der Waals surface area (Å²) in [5.74, 6) is 0.297. The van der Waals surface area contributed by atoms with Crippen molar-refractivity contribution in [2.45, 2.75) is 13.3 Å². The Hall–Kier alpha value is -2.04. The second-order valence-electron chi connectivity index (χ2n) is 3.42. The molecule has 1 aromatic rings. The number of hydrogen-bond donors (Lipinski definition) is 1. The molecular weight excluding hydrogens is 222 g/mol. The van der Waals surface area contributed by atoms with Crippen LogP contribution in [-0.4, -0.2) is 25.4 Å². The van der Waals surface area contributed by atoms with Crippen LogP contribution >= 0.6 is 0 Å². The van der Waals surface area contributed by atoms with Crippen LogP contribution < -0.4 is 15.2 Å². The first-order chi connectivity index (χ1) is 8.17. The Morgan fingerprint density at radius 2 is 2.18 bits per heavy atom. The molecule has 17 heavy (non-hydrogen) atoms. The number of nitrogens with two attached hydrogens (primary N) is 1. The maximum Gasteiger partial charge on any atom is 0.255 e. The summed E-state index contributed by atoms with van der Waals surface area (Å²) in [4.78, 5) is 21.4. The minimum atomic E-state index is -0.596. The summed E-state index contributed by atoms with van der Waals surface area (Å²) in [5.41, 5.74) is 5.32. The standard InChI is InChI=1S/C12H15NO4/c1-2-5-16-10-4-3-9(7-14)11(6-10)17-8-12(13)15/h3-4,6-7H,2,5,8H2,1H3,(H2,13,15). The average molecular weight is 237 g/mol. The van der Waals surface area contributed by atoms with Gasteiger partial charge in [-0.15, -0.1) is 0 Å². The molecule has 0 atom stereocenters. The number of ether oxygens (including phenoxy) is 2. The zero-order chi connectivity index (χ0) is 12.7. The van der Waals surface area contributed by atoms with Crippen LogP contribution in [-0.2, 0) is 4.79 Å². The van der Waals surface area contributed by atoms with E-state index in [1.807, 2.05) is 6.92 Å². The van der Waals surface area contributed by atoms with Gasteiger partial charge in [0.1, 0.15) is 11.5 Å². The highest BCUT2D eigenvalue weighted by molar-refractivity contribution is 5.80. The van der Waals surface area contributed by atoms with E-state index in [0.717, 1.165) is 6.42 Å². The maximum absolute atomic E-state index is 10.8. The zero-order valence-electron chi connectivity index (χ0n) is 9.64. The quantitative estimate of drug-likeness (QED) is 0.721. The van der Waals surface area contributed by atoms with Gasteiger partial charge in [-0.05, 0) is 18.6 Å². The molecule has 0 bridgehead atoms. The molecule has 0 aliphatic rings. The molecule has 0 unspecified atom stereocenters. The van der Waals surface area contributed by atoms with Crippen molar-refractivity contribution in [2.24, 2.45) is 5.73 Å². The molecule has 0 fully saturated rings. The predicted octanol–water partition coefficient (Wildman–Crippen LogP) is 1.15. The maximum atomic E-state index is 10.8. The molecule has 0 saturated carbocycles. The second-order valence-corrected chi connectivity index (χ2v) is 3.42. The third-order valence-corrected chi connectivity index (χ3v) is 1.95. The zero-order valence-corrected chi connectivity index (χ0v) is 9.64. The number of carbonyl (C=O) groups is 2. The van der Waals surface area contributed by atoms with E-state index in [2.05, 4.69) is 0 Å². The van der Waals surface area contributed by atoms with Crippen LogP contribution in [0.15, 0.2) is 18.2 Å². The molecule has 1 amide bonds. The fourth-order valence-electron chi connectivity index (χ4n) is 1.20. The van der Waals surface area contributed by atoms with Crippen molar-refractivity contribution in [1.29, 1.82) is 0 Å². The number of carbonyl (C=O) groups excluding carboxylic acids is 2. The molecule has 5 heteroatoms. The van der Waals surface area contributed by atoms with Crippen LogP contribution in [0, 0.1) is 0 Å². The van der Waals surface area contributed by atoms with Gasteiger partial charge in [-0.2, -0.15) is 0 Å². The second kappa shape index (κ2) is 6.52. The van der Waals surface area contributed by atoms with E-state index < -0.39 is 5.91 Å². The minimum absolute atomic E-state index is 0.266. The van der Waals surface area contributed by atoms with Gasteiger partial charge in [0.25, 0.3) is 5.91 Å². The Morgan fingerprint density at radius 3 is 2.76 bits per heavy atom. The van der Waals surface area contributed by atoms with Crippen molar-refractivity contribution < 1.29 is 19.1 Å². The molecule has 5 nitrogen and oxygen atoms in total. The number of aldehydes is 1. The Morgan fingerprint density at radius 1 is 1.41 bits per heavy atom. The first kappa shape index (κ1) is 13.0. The first-order valence-corrected chi connectivity index (χ1v) is 5.30.